The van der Waals surface area contributed by atoms with Crippen LogP contribution in [0.25, 0.3) is 0 Å². The van der Waals surface area contributed by atoms with E-state index in [1.54, 1.807) is 4.90 Å². The molecule has 1 aliphatic rings. The fourth-order valence-corrected chi connectivity index (χ4v) is 4.77. The Labute approximate surface area is 159 Å². The van der Waals surface area contributed by atoms with Crippen molar-refractivity contribution in [3.8, 4) is 0 Å². The predicted octanol–water partition coefficient (Wildman–Crippen LogP) is 1.33. The minimum absolute atomic E-state index is 0.284. The van der Waals surface area contributed by atoms with Gasteiger partial charge in [-0.15, -0.1) is 0 Å². The summed E-state index contributed by atoms with van der Waals surface area (Å²) in [5.41, 5.74) is 1.34. The van der Waals surface area contributed by atoms with Crippen molar-refractivity contribution < 1.29 is 14.9 Å². The number of piperazine rings is 1. The minimum Gasteiger partial charge on any atom is -0.391 e. The van der Waals surface area contributed by atoms with Gasteiger partial charge >= 0.3 is 0 Å². The van der Waals surface area contributed by atoms with Crippen molar-refractivity contribution in [3.05, 3.63) is 59.1 Å². The summed E-state index contributed by atoms with van der Waals surface area (Å²) in [6.07, 6.45) is 0. The van der Waals surface area contributed by atoms with Gasteiger partial charge in [0, 0.05) is 20.4 Å². The zero-order chi connectivity index (χ0) is 17.6. The molecule has 1 aliphatic heterocycles. The monoisotopic (exact) mass is 378 g/mol. The minimum atomic E-state index is 0.284. The Kier molecular flexibility index (Phi) is 6.79. The second-order valence-corrected chi connectivity index (χ2v) is 8.25. The molecule has 0 saturated carbocycles. The zero-order valence-corrected chi connectivity index (χ0v) is 16.2. The second-order valence-electron chi connectivity index (χ2n) is 6.70. The molecule has 134 valence electrons. The van der Waals surface area contributed by atoms with Crippen LogP contribution >= 0.6 is 23.4 Å². The van der Waals surface area contributed by atoms with Crippen LogP contribution in [0, 0.1) is 0 Å². The highest BCUT2D eigenvalue weighted by Crippen LogP contribution is 2.34. The lowest BCUT2D eigenvalue weighted by atomic mass is 10.1. The Balaban J connectivity index is 1.75. The van der Waals surface area contributed by atoms with Gasteiger partial charge in [0.1, 0.15) is 38.8 Å². The van der Waals surface area contributed by atoms with Crippen molar-refractivity contribution in [2.24, 2.45) is 0 Å². The van der Waals surface area contributed by atoms with E-state index in [9.17, 15) is 0 Å². The summed E-state index contributed by atoms with van der Waals surface area (Å²) in [7, 11) is 0. The average molecular weight is 379 g/mol. The van der Waals surface area contributed by atoms with Crippen LogP contribution in [0.4, 0.5) is 0 Å². The lowest BCUT2D eigenvalue weighted by Crippen LogP contribution is -3.28. The van der Waals surface area contributed by atoms with Gasteiger partial charge < -0.3 is 14.9 Å². The number of rotatable bonds is 6. The highest BCUT2D eigenvalue weighted by molar-refractivity contribution is 7.99. The van der Waals surface area contributed by atoms with E-state index in [1.807, 2.05) is 23.9 Å². The molecule has 0 spiro atoms. The van der Waals surface area contributed by atoms with Gasteiger partial charge in [0.25, 0.3) is 0 Å². The number of benzene rings is 2. The highest BCUT2D eigenvalue weighted by atomic mass is 35.5. The van der Waals surface area contributed by atoms with E-state index < -0.39 is 0 Å². The van der Waals surface area contributed by atoms with E-state index >= 15 is 0 Å². The smallest absolute Gasteiger partial charge is 0.127 e. The molecule has 0 unspecified atom stereocenters. The standard InChI is InChI=1S/C20H25ClN2OS/c1-16(23-11-9-22(10-12-23)13-14-24)19-15-17(21)7-8-20(19)25-18-5-3-2-4-6-18/h2-8,15-16,24H,9-14H2,1H3/p+2/t16-/m0/s1. The van der Waals surface area contributed by atoms with Crippen LogP contribution in [-0.4, -0.2) is 44.4 Å². The van der Waals surface area contributed by atoms with Gasteiger partial charge in [-0.2, -0.15) is 0 Å². The number of hydrogen-bond donors (Lipinski definition) is 3. The molecule has 3 N–H and O–H groups in total. The first-order chi connectivity index (χ1) is 12.2. The van der Waals surface area contributed by atoms with Crippen LogP contribution in [-0.2, 0) is 0 Å². The predicted molar refractivity (Wildman–Crippen MR) is 104 cm³/mol. The lowest BCUT2D eigenvalue weighted by molar-refractivity contribution is -1.03. The molecule has 0 bridgehead atoms. The first-order valence-corrected chi connectivity index (χ1v) is 10.2. The Morgan fingerprint density at radius 1 is 1.08 bits per heavy atom. The molecular weight excluding hydrogens is 352 g/mol. The van der Waals surface area contributed by atoms with Crippen molar-refractivity contribution in [1.29, 1.82) is 0 Å². The van der Waals surface area contributed by atoms with Crippen LogP contribution in [0.3, 0.4) is 0 Å². The number of nitrogens with one attached hydrogen (secondary N) is 2. The normalized spacial score (nSPS) is 21.9. The lowest BCUT2D eigenvalue weighted by Gasteiger charge is -2.33. The summed E-state index contributed by atoms with van der Waals surface area (Å²) in [6, 6.07) is 17.2. The van der Waals surface area contributed by atoms with Crippen LogP contribution in [0.15, 0.2) is 58.3 Å². The second kappa shape index (κ2) is 9.06. The quantitative estimate of drug-likeness (QED) is 0.708. The number of halogens is 1. The Morgan fingerprint density at radius 3 is 2.48 bits per heavy atom. The molecule has 1 saturated heterocycles. The first kappa shape index (κ1) is 18.7. The van der Waals surface area contributed by atoms with Crippen molar-refractivity contribution in [1.82, 2.24) is 0 Å². The van der Waals surface area contributed by atoms with Crippen molar-refractivity contribution in [2.75, 3.05) is 39.3 Å². The van der Waals surface area contributed by atoms with Crippen LogP contribution in [0.1, 0.15) is 18.5 Å². The molecule has 3 nitrogen and oxygen atoms in total. The first-order valence-electron chi connectivity index (χ1n) is 8.98. The van der Waals surface area contributed by atoms with E-state index in [0.717, 1.165) is 37.7 Å². The van der Waals surface area contributed by atoms with E-state index in [0.29, 0.717) is 6.04 Å². The third-order valence-electron chi connectivity index (χ3n) is 5.09. The maximum atomic E-state index is 9.13. The SMILES string of the molecule is C[C@@H](c1cc(Cl)ccc1Sc1ccccc1)[NH+]1CC[NH+](CCO)CC1. The molecule has 25 heavy (non-hydrogen) atoms. The van der Waals surface area contributed by atoms with Crippen LogP contribution in [0.5, 0.6) is 0 Å². The number of aliphatic hydroxyl groups is 1. The van der Waals surface area contributed by atoms with Crippen LogP contribution < -0.4 is 9.80 Å². The third-order valence-corrected chi connectivity index (χ3v) is 6.42. The summed E-state index contributed by atoms with van der Waals surface area (Å²) in [5, 5.41) is 9.94. The topological polar surface area (TPSA) is 29.1 Å². The van der Waals surface area contributed by atoms with Gasteiger partial charge in [-0.25, -0.2) is 0 Å². The number of aliphatic hydroxyl groups excluding tert-OH is 1. The van der Waals surface area contributed by atoms with Gasteiger partial charge in [-0.05, 0) is 37.3 Å². The molecule has 0 aromatic heterocycles. The largest absolute Gasteiger partial charge is 0.391 e. The van der Waals surface area contributed by atoms with Gasteiger partial charge in [0.05, 0.1) is 6.61 Å². The number of hydrogen-bond acceptors (Lipinski definition) is 2. The summed E-state index contributed by atoms with van der Waals surface area (Å²) in [4.78, 5) is 5.67. The van der Waals surface area contributed by atoms with E-state index in [2.05, 4.69) is 43.3 Å². The molecule has 2 aromatic carbocycles. The number of quaternary nitrogens is 2. The van der Waals surface area contributed by atoms with Gasteiger partial charge in [-0.3, -0.25) is 0 Å². The van der Waals surface area contributed by atoms with E-state index in [1.165, 1.54) is 20.3 Å². The molecular formula is C20H27ClN2OS+2. The zero-order valence-electron chi connectivity index (χ0n) is 14.7. The van der Waals surface area contributed by atoms with Crippen LogP contribution in [0.2, 0.25) is 5.02 Å². The van der Waals surface area contributed by atoms with E-state index in [4.69, 9.17) is 16.7 Å². The Morgan fingerprint density at radius 2 is 1.80 bits per heavy atom. The maximum absolute atomic E-state index is 9.13. The molecule has 1 heterocycles. The average Bonchev–Trinajstić information content (AvgIpc) is 2.64. The Bertz CT molecular complexity index is 675. The summed E-state index contributed by atoms with van der Waals surface area (Å²) < 4.78 is 0. The molecule has 3 rings (SSSR count). The summed E-state index contributed by atoms with van der Waals surface area (Å²) >= 11 is 8.13. The molecule has 5 heteroatoms. The van der Waals surface area contributed by atoms with Crippen molar-refractivity contribution in [3.63, 3.8) is 0 Å². The van der Waals surface area contributed by atoms with Gasteiger partial charge in [0.2, 0.25) is 0 Å². The molecule has 2 aromatic rings. The summed E-state index contributed by atoms with van der Waals surface area (Å²) in [5.74, 6) is 0. The molecule has 0 amide bonds. The third kappa shape index (κ3) is 4.99. The van der Waals surface area contributed by atoms with Crippen molar-refractivity contribution >= 4 is 23.4 Å². The van der Waals surface area contributed by atoms with Crippen molar-refractivity contribution in [2.45, 2.75) is 22.8 Å². The molecule has 0 radical (unpaired) electrons. The highest BCUT2D eigenvalue weighted by Gasteiger charge is 2.29. The fourth-order valence-electron chi connectivity index (χ4n) is 3.55. The molecule has 1 fully saturated rings. The maximum Gasteiger partial charge on any atom is 0.127 e. The fraction of sp³-hybridized carbons (Fsp3) is 0.400. The van der Waals surface area contributed by atoms with E-state index in [-0.39, 0.29) is 6.61 Å². The van der Waals surface area contributed by atoms with Gasteiger partial charge in [0.15, 0.2) is 0 Å². The Hall–Kier alpha value is -1.04. The molecule has 0 aliphatic carbocycles. The van der Waals surface area contributed by atoms with Gasteiger partial charge in [-0.1, -0.05) is 41.6 Å². The summed E-state index contributed by atoms with van der Waals surface area (Å²) in [6.45, 7) is 7.99. The molecule has 1 atom stereocenters.